The molecule has 0 radical (unpaired) electrons. The molecule has 0 aromatic carbocycles. The van der Waals surface area contributed by atoms with E-state index in [1.165, 1.54) is 19.3 Å². The number of alkyl halides is 1. The van der Waals surface area contributed by atoms with Gasteiger partial charge in [0.25, 0.3) is 0 Å². The first-order valence-corrected chi connectivity index (χ1v) is 5.33. The van der Waals surface area contributed by atoms with Gasteiger partial charge in [-0.25, -0.2) is 0 Å². The van der Waals surface area contributed by atoms with Gasteiger partial charge in [-0.15, -0.1) is 11.6 Å². The summed E-state index contributed by atoms with van der Waals surface area (Å²) in [7, 11) is 0. The van der Waals surface area contributed by atoms with E-state index in [0.29, 0.717) is 18.6 Å². The van der Waals surface area contributed by atoms with Gasteiger partial charge in [-0.1, -0.05) is 33.6 Å². The number of ketones is 1. The maximum absolute atomic E-state index is 10.2. The lowest BCUT2D eigenvalue weighted by atomic mass is 10.3. The summed E-state index contributed by atoms with van der Waals surface area (Å²) in [5.41, 5.74) is 0. The highest BCUT2D eigenvalue weighted by Gasteiger charge is 1.86. The number of hydrogen-bond acceptors (Lipinski definition) is 1. The molecule has 12 heavy (non-hydrogen) atoms. The first-order valence-electron chi connectivity index (χ1n) is 4.80. The molecule has 0 amide bonds. The van der Waals surface area contributed by atoms with Gasteiger partial charge in [-0.05, 0) is 6.42 Å². The first kappa shape index (κ1) is 14.5. The van der Waals surface area contributed by atoms with Crippen LogP contribution in [-0.4, -0.2) is 11.7 Å². The average Bonchev–Trinajstić information content (AvgIpc) is 2.14. The highest BCUT2D eigenvalue weighted by atomic mass is 35.5. The second-order valence-corrected chi connectivity index (χ2v) is 3.02. The summed E-state index contributed by atoms with van der Waals surface area (Å²) < 4.78 is 0. The highest BCUT2D eigenvalue weighted by molar-refractivity contribution is 6.17. The SMILES string of the molecule is CCC(=O)CC.CCCCCCl. The third-order valence-electron chi connectivity index (χ3n) is 1.53. The molecule has 0 rings (SSSR count). The Morgan fingerprint density at radius 3 is 1.67 bits per heavy atom. The lowest BCUT2D eigenvalue weighted by Crippen LogP contribution is -1.88. The van der Waals surface area contributed by atoms with Gasteiger partial charge in [0.15, 0.2) is 0 Å². The minimum absolute atomic E-state index is 0.343. The zero-order valence-corrected chi connectivity index (χ0v) is 9.28. The molecular weight excluding hydrogens is 172 g/mol. The molecule has 74 valence electrons. The number of Topliss-reactive ketones (excluding diaryl/α,β-unsaturated/α-hetero) is 1. The first-order chi connectivity index (χ1) is 5.72. The van der Waals surface area contributed by atoms with Gasteiger partial charge in [0.05, 0.1) is 0 Å². The lowest BCUT2D eigenvalue weighted by molar-refractivity contribution is -0.118. The molecule has 2 heteroatoms. The van der Waals surface area contributed by atoms with Crippen LogP contribution in [0.5, 0.6) is 0 Å². The van der Waals surface area contributed by atoms with E-state index >= 15 is 0 Å². The Morgan fingerprint density at radius 1 is 1.08 bits per heavy atom. The Kier molecular flexibility index (Phi) is 16.3. The van der Waals surface area contributed by atoms with Crippen molar-refractivity contribution in [3.63, 3.8) is 0 Å². The monoisotopic (exact) mass is 192 g/mol. The Balaban J connectivity index is 0. The largest absolute Gasteiger partial charge is 0.300 e. The van der Waals surface area contributed by atoms with E-state index in [1.807, 2.05) is 13.8 Å². The van der Waals surface area contributed by atoms with Crippen LogP contribution >= 0.6 is 11.6 Å². The molecule has 0 atom stereocenters. The fraction of sp³-hybridized carbons (Fsp3) is 0.900. The van der Waals surface area contributed by atoms with Crippen molar-refractivity contribution in [1.29, 1.82) is 0 Å². The summed E-state index contributed by atoms with van der Waals surface area (Å²) in [5, 5.41) is 0. The predicted octanol–water partition coefficient (Wildman–Crippen LogP) is 3.79. The fourth-order valence-corrected chi connectivity index (χ4v) is 0.783. The van der Waals surface area contributed by atoms with E-state index in [-0.39, 0.29) is 0 Å². The van der Waals surface area contributed by atoms with E-state index in [9.17, 15) is 4.79 Å². The molecule has 0 N–H and O–H groups in total. The van der Waals surface area contributed by atoms with Crippen molar-refractivity contribution in [3.05, 3.63) is 0 Å². The van der Waals surface area contributed by atoms with Crippen molar-refractivity contribution in [2.45, 2.75) is 52.9 Å². The highest BCUT2D eigenvalue weighted by Crippen LogP contribution is 1.93. The molecule has 0 fully saturated rings. The molecule has 0 heterocycles. The number of halogens is 1. The zero-order chi connectivity index (χ0) is 9.82. The molecular formula is C10H21ClO. The Hall–Kier alpha value is -0.0400. The fourth-order valence-electron chi connectivity index (χ4n) is 0.594. The van der Waals surface area contributed by atoms with Crippen LogP contribution in [0.1, 0.15) is 52.9 Å². The van der Waals surface area contributed by atoms with Gasteiger partial charge in [0.1, 0.15) is 5.78 Å². The number of carbonyl (C=O) groups excluding carboxylic acids is 1. The molecule has 0 spiro atoms. The third-order valence-corrected chi connectivity index (χ3v) is 1.79. The average molecular weight is 193 g/mol. The number of unbranched alkanes of at least 4 members (excludes halogenated alkanes) is 2. The molecule has 0 aliphatic heterocycles. The van der Waals surface area contributed by atoms with Crippen LogP contribution in [0.15, 0.2) is 0 Å². The number of hydrogen-bond donors (Lipinski definition) is 0. The van der Waals surface area contributed by atoms with Gasteiger partial charge in [-0.2, -0.15) is 0 Å². The molecule has 0 unspecified atom stereocenters. The molecule has 0 aromatic heterocycles. The quantitative estimate of drug-likeness (QED) is 0.479. The predicted molar refractivity (Wildman–Crippen MR) is 55.8 cm³/mol. The van der Waals surface area contributed by atoms with Crippen LogP contribution in [0, 0.1) is 0 Å². The van der Waals surface area contributed by atoms with E-state index in [0.717, 1.165) is 5.88 Å². The Morgan fingerprint density at radius 2 is 1.58 bits per heavy atom. The molecule has 0 aromatic rings. The Bertz CT molecular complexity index is 81.8. The maximum Gasteiger partial charge on any atom is 0.132 e. The van der Waals surface area contributed by atoms with Crippen LogP contribution < -0.4 is 0 Å². The van der Waals surface area contributed by atoms with Gasteiger partial charge in [-0.3, -0.25) is 4.79 Å². The minimum Gasteiger partial charge on any atom is -0.300 e. The summed E-state index contributed by atoms with van der Waals surface area (Å²) in [6.45, 7) is 5.93. The minimum atomic E-state index is 0.343. The van der Waals surface area contributed by atoms with Crippen LogP contribution in [0.3, 0.4) is 0 Å². The maximum atomic E-state index is 10.2. The van der Waals surface area contributed by atoms with Gasteiger partial charge < -0.3 is 0 Å². The van der Waals surface area contributed by atoms with E-state index in [2.05, 4.69) is 6.92 Å². The second-order valence-electron chi connectivity index (χ2n) is 2.64. The van der Waals surface area contributed by atoms with Crippen molar-refractivity contribution in [3.8, 4) is 0 Å². The second kappa shape index (κ2) is 13.5. The van der Waals surface area contributed by atoms with Crippen molar-refractivity contribution in [2.24, 2.45) is 0 Å². The third kappa shape index (κ3) is 16.5. The smallest absolute Gasteiger partial charge is 0.132 e. The molecule has 0 saturated carbocycles. The van der Waals surface area contributed by atoms with Gasteiger partial charge in [0.2, 0.25) is 0 Å². The van der Waals surface area contributed by atoms with E-state index < -0.39 is 0 Å². The number of rotatable bonds is 5. The van der Waals surface area contributed by atoms with Crippen LogP contribution in [0.25, 0.3) is 0 Å². The summed E-state index contributed by atoms with van der Waals surface area (Å²) in [6, 6.07) is 0. The summed E-state index contributed by atoms with van der Waals surface area (Å²) in [5.74, 6) is 1.17. The molecule has 0 aliphatic rings. The van der Waals surface area contributed by atoms with Crippen molar-refractivity contribution in [2.75, 3.05) is 5.88 Å². The van der Waals surface area contributed by atoms with Crippen molar-refractivity contribution >= 4 is 17.4 Å². The Labute approximate surface area is 81.5 Å². The summed E-state index contributed by atoms with van der Waals surface area (Å²) >= 11 is 5.38. The summed E-state index contributed by atoms with van der Waals surface area (Å²) in [6.07, 6.45) is 5.11. The van der Waals surface area contributed by atoms with Crippen molar-refractivity contribution in [1.82, 2.24) is 0 Å². The standard InChI is InChI=1S/C5H11Cl.C5H10O/c1-2-3-4-5-6;1-3-5(6)4-2/h2-5H2,1H3;3-4H2,1-2H3. The van der Waals surface area contributed by atoms with Crippen LogP contribution in [0.2, 0.25) is 0 Å². The normalized spacial score (nSPS) is 8.67. The molecule has 1 nitrogen and oxygen atoms in total. The summed E-state index contributed by atoms with van der Waals surface area (Å²) in [4.78, 5) is 10.2. The van der Waals surface area contributed by atoms with E-state index in [4.69, 9.17) is 11.6 Å². The molecule has 0 saturated heterocycles. The molecule has 0 bridgehead atoms. The van der Waals surface area contributed by atoms with Crippen LogP contribution in [-0.2, 0) is 4.79 Å². The zero-order valence-electron chi connectivity index (χ0n) is 8.53. The lowest BCUT2D eigenvalue weighted by Gasteiger charge is -1.84. The molecule has 0 aliphatic carbocycles. The van der Waals surface area contributed by atoms with Gasteiger partial charge >= 0.3 is 0 Å². The topological polar surface area (TPSA) is 17.1 Å². The van der Waals surface area contributed by atoms with Crippen LogP contribution in [0.4, 0.5) is 0 Å². The van der Waals surface area contributed by atoms with E-state index in [1.54, 1.807) is 0 Å². The van der Waals surface area contributed by atoms with Crippen molar-refractivity contribution < 1.29 is 4.79 Å². The van der Waals surface area contributed by atoms with Gasteiger partial charge in [0, 0.05) is 18.7 Å². The number of carbonyl (C=O) groups is 1.